The molecule has 0 aliphatic rings. The molecule has 0 saturated carbocycles. The molecule has 0 aliphatic heterocycles. The number of nitrogens with one attached hydrogen (secondary N) is 1. The molecule has 1 heterocycles. The Morgan fingerprint density at radius 3 is 2.92 bits per heavy atom. The van der Waals surface area contributed by atoms with Gasteiger partial charge in [-0.15, -0.1) is 0 Å². The van der Waals surface area contributed by atoms with E-state index in [1.165, 1.54) is 0 Å². The Kier molecular flexibility index (Phi) is 4.48. The van der Waals surface area contributed by atoms with E-state index in [1.807, 2.05) is 6.07 Å². The molecule has 0 aromatic carbocycles. The van der Waals surface area contributed by atoms with Crippen molar-refractivity contribution in [2.24, 2.45) is 5.92 Å². The van der Waals surface area contributed by atoms with E-state index >= 15 is 0 Å². The SMILES string of the molecule is CC(C)CONCc1occc1Br. The van der Waals surface area contributed by atoms with Crippen LogP contribution in [-0.2, 0) is 11.4 Å². The summed E-state index contributed by atoms with van der Waals surface area (Å²) in [6.45, 7) is 5.49. The van der Waals surface area contributed by atoms with Crippen molar-refractivity contribution in [2.75, 3.05) is 6.61 Å². The molecule has 1 aromatic heterocycles. The van der Waals surface area contributed by atoms with E-state index in [0.717, 1.165) is 10.2 Å². The molecule has 0 saturated heterocycles. The minimum absolute atomic E-state index is 0.535. The van der Waals surface area contributed by atoms with Crippen molar-refractivity contribution in [2.45, 2.75) is 20.4 Å². The molecule has 1 aromatic rings. The van der Waals surface area contributed by atoms with Gasteiger partial charge < -0.3 is 9.25 Å². The lowest BCUT2D eigenvalue weighted by atomic mass is 10.2. The summed E-state index contributed by atoms with van der Waals surface area (Å²) in [6.07, 6.45) is 1.64. The molecule has 0 atom stereocenters. The molecular formula is C9H14BrNO2. The summed E-state index contributed by atoms with van der Waals surface area (Å²) in [7, 11) is 0. The summed E-state index contributed by atoms with van der Waals surface area (Å²) in [5.74, 6) is 1.39. The van der Waals surface area contributed by atoms with Crippen LogP contribution in [0, 0.1) is 5.92 Å². The number of rotatable bonds is 5. The molecule has 74 valence electrons. The largest absolute Gasteiger partial charge is 0.467 e. The van der Waals surface area contributed by atoms with Gasteiger partial charge >= 0.3 is 0 Å². The summed E-state index contributed by atoms with van der Waals surface area (Å²) < 4.78 is 6.15. The van der Waals surface area contributed by atoms with Gasteiger partial charge in [-0.05, 0) is 27.9 Å². The van der Waals surface area contributed by atoms with E-state index in [9.17, 15) is 0 Å². The van der Waals surface area contributed by atoms with E-state index < -0.39 is 0 Å². The molecule has 0 unspecified atom stereocenters. The van der Waals surface area contributed by atoms with Gasteiger partial charge in [0.25, 0.3) is 0 Å². The minimum Gasteiger partial charge on any atom is -0.467 e. The van der Waals surface area contributed by atoms with Crippen molar-refractivity contribution in [1.29, 1.82) is 0 Å². The highest BCUT2D eigenvalue weighted by Gasteiger charge is 2.02. The van der Waals surface area contributed by atoms with Crippen molar-refractivity contribution in [3.05, 3.63) is 22.6 Å². The molecule has 13 heavy (non-hydrogen) atoms. The predicted octanol–water partition coefficient (Wildman–Crippen LogP) is 2.72. The maximum Gasteiger partial charge on any atom is 0.134 e. The summed E-state index contributed by atoms with van der Waals surface area (Å²) in [6, 6.07) is 1.86. The van der Waals surface area contributed by atoms with Crippen LogP contribution in [0.4, 0.5) is 0 Å². The second-order valence-electron chi connectivity index (χ2n) is 3.22. The molecule has 0 spiro atoms. The van der Waals surface area contributed by atoms with Gasteiger partial charge in [0, 0.05) is 0 Å². The Bertz CT molecular complexity index is 248. The van der Waals surface area contributed by atoms with Gasteiger partial charge in [-0.2, -0.15) is 5.48 Å². The molecule has 0 radical (unpaired) electrons. The Hall–Kier alpha value is -0.320. The first kappa shape index (κ1) is 10.8. The summed E-state index contributed by atoms with van der Waals surface area (Å²) >= 11 is 3.36. The summed E-state index contributed by atoms with van der Waals surface area (Å²) in [5, 5.41) is 0. The topological polar surface area (TPSA) is 34.4 Å². The maximum atomic E-state index is 5.19. The minimum atomic E-state index is 0.535. The van der Waals surface area contributed by atoms with Gasteiger partial charge in [0.1, 0.15) is 5.76 Å². The van der Waals surface area contributed by atoms with Gasteiger partial charge in [-0.25, -0.2) is 0 Å². The monoisotopic (exact) mass is 247 g/mol. The summed E-state index contributed by atoms with van der Waals surface area (Å²) in [5.41, 5.74) is 2.84. The van der Waals surface area contributed by atoms with Gasteiger partial charge in [0.2, 0.25) is 0 Å². The standard InChI is InChI=1S/C9H14BrNO2/c1-7(2)6-13-11-5-9-8(10)3-4-12-9/h3-4,7,11H,5-6H2,1-2H3. The first-order valence-electron chi connectivity index (χ1n) is 4.26. The highest BCUT2D eigenvalue weighted by molar-refractivity contribution is 9.10. The fraction of sp³-hybridized carbons (Fsp3) is 0.556. The van der Waals surface area contributed by atoms with Crippen molar-refractivity contribution in [3.8, 4) is 0 Å². The quantitative estimate of drug-likeness (QED) is 0.642. The van der Waals surface area contributed by atoms with Gasteiger partial charge in [-0.1, -0.05) is 13.8 Å². The molecule has 4 heteroatoms. The van der Waals surface area contributed by atoms with Gasteiger partial charge in [0.05, 0.1) is 23.9 Å². The second-order valence-corrected chi connectivity index (χ2v) is 4.07. The zero-order valence-electron chi connectivity index (χ0n) is 7.84. The molecule has 1 N–H and O–H groups in total. The van der Waals surface area contributed by atoms with E-state index in [1.54, 1.807) is 6.26 Å². The summed E-state index contributed by atoms with van der Waals surface area (Å²) in [4.78, 5) is 5.19. The second kappa shape index (κ2) is 5.42. The van der Waals surface area contributed by atoms with E-state index in [2.05, 4.69) is 35.3 Å². The van der Waals surface area contributed by atoms with Crippen LogP contribution in [0.25, 0.3) is 0 Å². The fourth-order valence-electron chi connectivity index (χ4n) is 0.793. The third kappa shape index (κ3) is 3.93. The first-order valence-corrected chi connectivity index (χ1v) is 5.06. The Labute approximate surface area is 86.5 Å². The van der Waals surface area contributed by atoms with Crippen LogP contribution in [0.3, 0.4) is 0 Å². The number of furan rings is 1. The normalized spacial score (nSPS) is 11.1. The number of hydroxylamine groups is 1. The third-order valence-corrected chi connectivity index (χ3v) is 2.15. The van der Waals surface area contributed by atoms with Crippen LogP contribution in [0.1, 0.15) is 19.6 Å². The van der Waals surface area contributed by atoms with Crippen LogP contribution >= 0.6 is 15.9 Å². The van der Waals surface area contributed by atoms with E-state index in [4.69, 9.17) is 9.25 Å². The Morgan fingerprint density at radius 1 is 1.62 bits per heavy atom. The van der Waals surface area contributed by atoms with E-state index in [0.29, 0.717) is 19.1 Å². The molecule has 3 nitrogen and oxygen atoms in total. The van der Waals surface area contributed by atoms with E-state index in [-0.39, 0.29) is 0 Å². The van der Waals surface area contributed by atoms with Crippen LogP contribution in [0.15, 0.2) is 21.2 Å². The zero-order chi connectivity index (χ0) is 9.68. The van der Waals surface area contributed by atoms with Crippen LogP contribution in [0.2, 0.25) is 0 Å². The van der Waals surface area contributed by atoms with Crippen LogP contribution in [0.5, 0.6) is 0 Å². The van der Waals surface area contributed by atoms with Crippen molar-refractivity contribution in [3.63, 3.8) is 0 Å². The van der Waals surface area contributed by atoms with Crippen LogP contribution < -0.4 is 5.48 Å². The lowest BCUT2D eigenvalue weighted by Crippen LogP contribution is -2.17. The van der Waals surface area contributed by atoms with Crippen molar-refractivity contribution in [1.82, 2.24) is 5.48 Å². The average Bonchev–Trinajstić information content (AvgIpc) is 2.45. The number of halogens is 1. The molecule has 0 bridgehead atoms. The Balaban J connectivity index is 2.17. The lowest BCUT2D eigenvalue weighted by molar-refractivity contribution is 0.0164. The molecular weight excluding hydrogens is 234 g/mol. The highest BCUT2D eigenvalue weighted by atomic mass is 79.9. The third-order valence-electron chi connectivity index (χ3n) is 1.44. The predicted molar refractivity (Wildman–Crippen MR) is 54.0 cm³/mol. The fourth-order valence-corrected chi connectivity index (χ4v) is 1.13. The molecule has 1 rings (SSSR count). The highest BCUT2D eigenvalue weighted by Crippen LogP contribution is 2.16. The van der Waals surface area contributed by atoms with Crippen molar-refractivity contribution >= 4 is 15.9 Å². The van der Waals surface area contributed by atoms with Gasteiger partial charge in [0.15, 0.2) is 0 Å². The smallest absolute Gasteiger partial charge is 0.134 e. The molecule has 0 amide bonds. The number of hydrogen-bond acceptors (Lipinski definition) is 3. The first-order chi connectivity index (χ1) is 6.20. The molecule has 0 fully saturated rings. The number of hydrogen-bond donors (Lipinski definition) is 1. The maximum absolute atomic E-state index is 5.19. The Morgan fingerprint density at radius 2 is 2.38 bits per heavy atom. The molecule has 0 aliphatic carbocycles. The van der Waals surface area contributed by atoms with Crippen molar-refractivity contribution < 1.29 is 9.25 Å². The zero-order valence-corrected chi connectivity index (χ0v) is 9.43. The lowest BCUT2D eigenvalue weighted by Gasteiger charge is -2.06. The average molecular weight is 248 g/mol. The van der Waals surface area contributed by atoms with Gasteiger partial charge in [-0.3, -0.25) is 0 Å². The van der Waals surface area contributed by atoms with Crippen LogP contribution in [-0.4, -0.2) is 6.61 Å².